The van der Waals surface area contributed by atoms with E-state index in [0.29, 0.717) is 23.9 Å². The largest absolute Gasteiger partial charge is 0.383 e. The Kier molecular flexibility index (Phi) is 5.18. The molecule has 2 amide bonds. The normalized spacial score (nSPS) is 17.2. The van der Waals surface area contributed by atoms with Gasteiger partial charge in [-0.25, -0.2) is 9.48 Å². The Labute approximate surface area is 144 Å². The van der Waals surface area contributed by atoms with Crippen molar-refractivity contribution in [2.24, 2.45) is 0 Å². The zero-order valence-corrected chi connectivity index (χ0v) is 14.2. The summed E-state index contributed by atoms with van der Waals surface area (Å²) in [6, 6.07) is 6.60. The van der Waals surface area contributed by atoms with Crippen LogP contribution in [0.4, 0.5) is 4.79 Å². The number of nitrogens with one attached hydrogen (secondary N) is 2. The van der Waals surface area contributed by atoms with Crippen LogP contribution in [0, 0.1) is 0 Å². The summed E-state index contributed by atoms with van der Waals surface area (Å²) in [5, 5.41) is 6.10. The number of fused-ring (bicyclic) bond motifs is 1. The maximum atomic E-state index is 12.4. The number of aromatic nitrogens is 2. The van der Waals surface area contributed by atoms with E-state index >= 15 is 0 Å². The summed E-state index contributed by atoms with van der Waals surface area (Å²) in [7, 11) is 1.62. The number of amides is 2. The van der Waals surface area contributed by atoms with Gasteiger partial charge in [0, 0.05) is 20.2 Å². The summed E-state index contributed by atoms with van der Waals surface area (Å²) in [4.78, 5) is 38.5. The topological polar surface area (TPSA) is 96.4 Å². The molecule has 3 rings (SSSR count). The summed E-state index contributed by atoms with van der Waals surface area (Å²) >= 11 is 0. The van der Waals surface area contributed by atoms with Gasteiger partial charge in [-0.2, -0.15) is 0 Å². The Balaban J connectivity index is 1.65. The minimum Gasteiger partial charge on any atom is -0.383 e. The molecule has 1 saturated heterocycles. The van der Waals surface area contributed by atoms with E-state index in [-0.39, 0.29) is 36.3 Å². The fraction of sp³-hybridized carbons (Fsp3) is 0.471. The van der Waals surface area contributed by atoms with Gasteiger partial charge < -0.3 is 15.0 Å². The minimum absolute atomic E-state index is 0.0909. The van der Waals surface area contributed by atoms with Gasteiger partial charge in [-0.15, -0.1) is 0 Å². The van der Waals surface area contributed by atoms with Crippen LogP contribution < -0.4 is 16.4 Å². The van der Waals surface area contributed by atoms with Crippen molar-refractivity contribution in [2.75, 3.05) is 26.8 Å². The molecule has 1 aliphatic rings. The van der Waals surface area contributed by atoms with Gasteiger partial charge in [0.15, 0.2) is 0 Å². The SMILES string of the molecule is COC[C@@H]1CCCN1C(=O)NCCn1[nH]c(=O)c2ccccc2c1=O. The van der Waals surface area contributed by atoms with Crippen LogP contribution in [-0.4, -0.2) is 53.6 Å². The van der Waals surface area contributed by atoms with Crippen LogP contribution in [-0.2, 0) is 11.3 Å². The number of hydrogen-bond acceptors (Lipinski definition) is 4. The number of likely N-dealkylation sites (tertiary alicyclic amines) is 1. The maximum Gasteiger partial charge on any atom is 0.317 e. The van der Waals surface area contributed by atoms with Crippen molar-refractivity contribution < 1.29 is 9.53 Å². The van der Waals surface area contributed by atoms with E-state index in [9.17, 15) is 14.4 Å². The molecular weight excluding hydrogens is 324 g/mol. The predicted octanol–water partition coefficient (Wildman–Crippen LogP) is 0.510. The molecule has 8 heteroatoms. The van der Waals surface area contributed by atoms with Gasteiger partial charge in [0.25, 0.3) is 11.1 Å². The second kappa shape index (κ2) is 7.52. The number of rotatable bonds is 5. The summed E-state index contributed by atoms with van der Waals surface area (Å²) < 4.78 is 6.38. The highest BCUT2D eigenvalue weighted by Crippen LogP contribution is 2.17. The number of urea groups is 1. The maximum absolute atomic E-state index is 12.4. The highest BCUT2D eigenvalue weighted by molar-refractivity contribution is 5.80. The molecule has 25 heavy (non-hydrogen) atoms. The lowest BCUT2D eigenvalue weighted by atomic mass is 10.2. The number of hydrogen-bond donors (Lipinski definition) is 2. The van der Waals surface area contributed by atoms with Crippen molar-refractivity contribution >= 4 is 16.8 Å². The van der Waals surface area contributed by atoms with E-state index in [4.69, 9.17) is 4.74 Å². The first-order valence-corrected chi connectivity index (χ1v) is 8.37. The van der Waals surface area contributed by atoms with Gasteiger partial charge in [0.1, 0.15) is 0 Å². The van der Waals surface area contributed by atoms with Gasteiger partial charge >= 0.3 is 6.03 Å². The summed E-state index contributed by atoms with van der Waals surface area (Å²) in [5.74, 6) is 0. The molecule has 1 aliphatic heterocycles. The zero-order chi connectivity index (χ0) is 17.8. The first-order valence-electron chi connectivity index (χ1n) is 8.37. The van der Waals surface area contributed by atoms with Crippen LogP contribution in [0.2, 0.25) is 0 Å². The molecular formula is C17H22N4O4. The Morgan fingerprint density at radius 2 is 2.08 bits per heavy atom. The van der Waals surface area contributed by atoms with Gasteiger partial charge in [-0.05, 0) is 25.0 Å². The van der Waals surface area contributed by atoms with Crippen LogP contribution in [0.5, 0.6) is 0 Å². The summed E-state index contributed by atoms with van der Waals surface area (Å²) in [6.45, 7) is 1.67. The fourth-order valence-electron chi connectivity index (χ4n) is 3.25. The molecule has 2 aromatic rings. The smallest absolute Gasteiger partial charge is 0.317 e. The van der Waals surface area contributed by atoms with Crippen LogP contribution in [0.3, 0.4) is 0 Å². The first kappa shape index (κ1) is 17.2. The number of methoxy groups -OCH3 is 1. The third-order valence-corrected chi connectivity index (χ3v) is 4.49. The molecule has 1 aromatic heterocycles. The lowest BCUT2D eigenvalue weighted by Crippen LogP contribution is -2.45. The van der Waals surface area contributed by atoms with Gasteiger partial charge in [0.2, 0.25) is 0 Å². The summed E-state index contributed by atoms with van der Waals surface area (Å²) in [5.41, 5.74) is -0.593. The number of carbonyl (C=O) groups is 1. The molecule has 2 N–H and O–H groups in total. The average Bonchev–Trinajstić information content (AvgIpc) is 3.08. The highest BCUT2D eigenvalue weighted by Gasteiger charge is 2.28. The molecule has 8 nitrogen and oxygen atoms in total. The predicted molar refractivity (Wildman–Crippen MR) is 93.8 cm³/mol. The molecule has 1 aromatic carbocycles. The number of nitrogens with zero attached hydrogens (tertiary/aromatic N) is 2. The number of ether oxygens (including phenoxy) is 1. The van der Waals surface area contributed by atoms with Crippen molar-refractivity contribution in [3.8, 4) is 0 Å². The van der Waals surface area contributed by atoms with E-state index in [2.05, 4.69) is 10.4 Å². The van der Waals surface area contributed by atoms with Crippen LogP contribution >= 0.6 is 0 Å². The second-order valence-electron chi connectivity index (χ2n) is 6.12. The van der Waals surface area contributed by atoms with Gasteiger partial charge in [0.05, 0.1) is 30.0 Å². The Bertz CT molecular complexity index is 873. The van der Waals surface area contributed by atoms with Crippen molar-refractivity contribution in [1.29, 1.82) is 0 Å². The third kappa shape index (κ3) is 3.58. The van der Waals surface area contributed by atoms with Gasteiger partial charge in [-0.3, -0.25) is 14.7 Å². The zero-order valence-electron chi connectivity index (χ0n) is 14.2. The molecule has 134 valence electrons. The van der Waals surface area contributed by atoms with Crippen LogP contribution in [0.1, 0.15) is 12.8 Å². The van der Waals surface area contributed by atoms with Gasteiger partial charge in [-0.1, -0.05) is 12.1 Å². The van der Waals surface area contributed by atoms with E-state index in [1.165, 1.54) is 4.68 Å². The van der Waals surface area contributed by atoms with Crippen molar-refractivity contribution in [3.05, 3.63) is 45.0 Å². The molecule has 0 aliphatic carbocycles. The fourth-order valence-corrected chi connectivity index (χ4v) is 3.25. The number of carbonyl (C=O) groups excluding carboxylic acids is 1. The molecule has 0 radical (unpaired) electrons. The Hall–Kier alpha value is -2.61. The van der Waals surface area contributed by atoms with Crippen LogP contribution in [0.15, 0.2) is 33.9 Å². The van der Waals surface area contributed by atoms with E-state index in [0.717, 1.165) is 12.8 Å². The van der Waals surface area contributed by atoms with Crippen molar-refractivity contribution in [1.82, 2.24) is 20.0 Å². The second-order valence-corrected chi connectivity index (χ2v) is 6.12. The third-order valence-electron chi connectivity index (χ3n) is 4.49. The molecule has 0 bridgehead atoms. The van der Waals surface area contributed by atoms with Crippen molar-refractivity contribution in [3.63, 3.8) is 0 Å². The number of H-pyrrole nitrogens is 1. The van der Waals surface area contributed by atoms with E-state index in [1.807, 2.05) is 0 Å². The van der Waals surface area contributed by atoms with E-state index in [1.54, 1.807) is 36.3 Å². The molecule has 2 heterocycles. The first-order chi connectivity index (χ1) is 12.1. The lowest BCUT2D eigenvalue weighted by Gasteiger charge is -2.24. The molecule has 1 fully saturated rings. The minimum atomic E-state index is -0.318. The highest BCUT2D eigenvalue weighted by atomic mass is 16.5. The quantitative estimate of drug-likeness (QED) is 0.824. The molecule has 0 unspecified atom stereocenters. The molecule has 0 spiro atoms. The van der Waals surface area contributed by atoms with E-state index < -0.39 is 0 Å². The lowest BCUT2D eigenvalue weighted by molar-refractivity contribution is 0.123. The number of aromatic amines is 1. The standard InChI is InChI=1S/C17H22N4O4/c1-25-11-12-5-4-9-20(12)17(24)18-8-10-21-16(23)14-7-3-2-6-13(14)15(22)19-21/h2-3,6-7,12H,4-5,8-11H2,1H3,(H,18,24)(H,19,22)/t12-/m0/s1. The molecule has 0 saturated carbocycles. The Morgan fingerprint density at radius 3 is 2.84 bits per heavy atom. The van der Waals surface area contributed by atoms with Crippen molar-refractivity contribution in [2.45, 2.75) is 25.4 Å². The van der Waals surface area contributed by atoms with Crippen LogP contribution in [0.25, 0.3) is 10.8 Å². The summed E-state index contributed by atoms with van der Waals surface area (Å²) in [6.07, 6.45) is 1.89. The molecule has 1 atom stereocenters. The number of benzene rings is 1. The Morgan fingerprint density at radius 1 is 1.32 bits per heavy atom. The monoisotopic (exact) mass is 346 g/mol. The average molecular weight is 346 g/mol.